The Balaban J connectivity index is 2.95. The first-order valence-electron chi connectivity index (χ1n) is 5.18. The number of benzene rings is 1. The topological polar surface area (TPSA) is 0 Å². The van der Waals surface area contributed by atoms with Gasteiger partial charge in [-0.15, -0.1) is 0 Å². The van der Waals surface area contributed by atoms with Gasteiger partial charge in [-0.2, -0.15) is 13.2 Å². The van der Waals surface area contributed by atoms with E-state index >= 15 is 0 Å². The summed E-state index contributed by atoms with van der Waals surface area (Å²) < 4.78 is 39.2. The minimum atomic E-state index is -4.23. The number of unbranched alkanes of at least 4 members (excludes halogenated alkanes) is 1. The number of halogens is 4. The molecule has 0 radical (unpaired) electrons. The summed E-state index contributed by atoms with van der Waals surface area (Å²) in [6.45, 7) is 1.74. The molecule has 1 aromatic carbocycles. The Labute approximate surface area is 107 Å². The summed E-state index contributed by atoms with van der Waals surface area (Å²) in [5.41, 5.74) is 0.726. The predicted molar refractivity (Wildman–Crippen MR) is 68.0 cm³/mol. The minimum Gasteiger partial charge on any atom is -0.166 e. The van der Waals surface area contributed by atoms with Crippen LogP contribution in [0.3, 0.4) is 0 Å². The molecule has 0 aliphatic rings. The number of aryl methyl sites for hydroxylation is 1. The van der Waals surface area contributed by atoms with E-state index in [1.807, 2.05) is 0 Å². The van der Waals surface area contributed by atoms with Crippen molar-refractivity contribution < 1.29 is 13.2 Å². The zero-order chi connectivity index (χ0) is 12.2. The summed E-state index contributed by atoms with van der Waals surface area (Å²) in [4.78, 5) is 0. The minimum absolute atomic E-state index is 0.458. The molecule has 0 amide bonds. The molecule has 0 saturated heterocycles. The van der Waals surface area contributed by atoms with Gasteiger partial charge in [0.1, 0.15) is 0 Å². The van der Waals surface area contributed by atoms with Gasteiger partial charge in [0, 0.05) is 0 Å². The largest absolute Gasteiger partial charge is 0.416 e. The van der Waals surface area contributed by atoms with Crippen LogP contribution in [0.4, 0.5) is 13.2 Å². The molecule has 1 rings (SSSR count). The van der Waals surface area contributed by atoms with Crippen molar-refractivity contribution in [1.29, 1.82) is 0 Å². The fourth-order valence-electron chi connectivity index (χ4n) is 1.70. The van der Waals surface area contributed by atoms with Gasteiger partial charge in [0.25, 0.3) is 0 Å². The van der Waals surface area contributed by atoms with E-state index in [2.05, 4.69) is 22.6 Å². The molecule has 0 nitrogen and oxygen atoms in total. The SMILES string of the molecule is Cc1cccc(C(F)(F)F)c1CCCCI. The van der Waals surface area contributed by atoms with Crippen LogP contribution in [0.25, 0.3) is 0 Å². The molecule has 0 heterocycles. The summed E-state index contributed by atoms with van der Waals surface area (Å²) in [6, 6.07) is 4.39. The quantitative estimate of drug-likeness (QED) is 0.420. The summed E-state index contributed by atoms with van der Waals surface area (Å²) in [6.07, 6.45) is -1.93. The number of hydrogen-bond donors (Lipinski definition) is 0. The van der Waals surface area contributed by atoms with E-state index in [9.17, 15) is 13.2 Å². The molecule has 0 aromatic heterocycles. The summed E-state index contributed by atoms with van der Waals surface area (Å²) in [7, 11) is 0. The van der Waals surface area contributed by atoms with Gasteiger partial charge in [0.05, 0.1) is 5.56 Å². The second kappa shape index (κ2) is 5.89. The first kappa shape index (κ1) is 13.8. The van der Waals surface area contributed by atoms with Crippen molar-refractivity contribution in [3.05, 3.63) is 34.9 Å². The molecule has 16 heavy (non-hydrogen) atoms. The Morgan fingerprint density at radius 2 is 1.88 bits per heavy atom. The Morgan fingerprint density at radius 1 is 1.19 bits per heavy atom. The normalized spacial score (nSPS) is 11.8. The van der Waals surface area contributed by atoms with E-state index < -0.39 is 11.7 Å². The van der Waals surface area contributed by atoms with Crippen LogP contribution in [0.1, 0.15) is 29.5 Å². The van der Waals surface area contributed by atoms with Crippen molar-refractivity contribution in [2.75, 3.05) is 4.43 Å². The van der Waals surface area contributed by atoms with Gasteiger partial charge in [-0.25, -0.2) is 0 Å². The first-order chi connectivity index (χ1) is 7.46. The molecule has 0 aliphatic heterocycles. The standard InChI is InChI=1S/C12H14F3I/c1-9-5-4-7-11(12(13,14)15)10(9)6-2-3-8-16/h4-5,7H,2-3,6,8H2,1H3. The van der Waals surface area contributed by atoms with Crippen LogP contribution in [0.2, 0.25) is 0 Å². The van der Waals surface area contributed by atoms with Crippen LogP contribution >= 0.6 is 22.6 Å². The van der Waals surface area contributed by atoms with E-state index in [0.717, 1.165) is 22.8 Å². The van der Waals surface area contributed by atoms with E-state index in [1.54, 1.807) is 13.0 Å². The van der Waals surface area contributed by atoms with Crippen LogP contribution < -0.4 is 0 Å². The monoisotopic (exact) mass is 342 g/mol. The average molecular weight is 342 g/mol. The third-order valence-corrected chi connectivity index (χ3v) is 3.29. The fourth-order valence-corrected chi connectivity index (χ4v) is 2.24. The van der Waals surface area contributed by atoms with Crippen molar-refractivity contribution in [2.24, 2.45) is 0 Å². The van der Waals surface area contributed by atoms with Crippen LogP contribution in [-0.4, -0.2) is 4.43 Å². The lowest BCUT2D eigenvalue weighted by Crippen LogP contribution is -2.10. The number of alkyl halides is 4. The van der Waals surface area contributed by atoms with E-state index in [0.29, 0.717) is 12.0 Å². The molecule has 0 fully saturated rings. The van der Waals surface area contributed by atoms with Crippen molar-refractivity contribution in [3.8, 4) is 0 Å². The molecule has 0 spiro atoms. The van der Waals surface area contributed by atoms with Gasteiger partial charge < -0.3 is 0 Å². The van der Waals surface area contributed by atoms with Crippen LogP contribution in [0.15, 0.2) is 18.2 Å². The van der Waals surface area contributed by atoms with Crippen LogP contribution in [0.5, 0.6) is 0 Å². The molecule has 0 unspecified atom stereocenters. The second-order valence-corrected chi connectivity index (χ2v) is 4.82. The predicted octanol–water partition coefficient (Wildman–Crippen LogP) is 4.77. The molecule has 0 N–H and O–H groups in total. The third kappa shape index (κ3) is 3.64. The highest BCUT2D eigenvalue weighted by atomic mass is 127. The lowest BCUT2D eigenvalue weighted by Gasteiger charge is -2.14. The zero-order valence-electron chi connectivity index (χ0n) is 9.07. The Hall–Kier alpha value is -0.260. The molecule has 4 heteroatoms. The van der Waals surface area contributed by atoms with Gasteiger partial charge in [-0.3, -0.25) is 0 Å². The first-order valence-corrected chi connectivity index (χ1v) is 6.71. The van der Waals surface area contributed by atoms with E-state index in [-0.39, 0.29) is 0 Å². The molecule has 1 aromatic rings. The average Bonchev–Trinajstić information content (AvgIpc) is 2.19. The van der Waals surface area contributed by atoms with Gasteiger partial charge in [-0.1, -0.05) is 34.7 Å². The summed E-state index contributed by atoms with van der Waals surface area (Å²) in [5.74, 6) is 0. The molecule has 0 saturated carbocycles. The van der Waals surface area contributed by atoms with Crippen LogP contribution in [0, 0.1) is 6.92 Å². The van der Waals surface area contributed by atoms with Crippen molar-refractivity contribution >= 4 is 22.6 Å². The lowest BCUT2D eigenvalue weighted by atomic mass is 9.97. The Morgan fingerprint density at radius 3 is 2.44 bits per heavy atom. The summed E-state index contributed by atoms with van der Waals surface area (Å²) >= 11 is 2.24. The van der Waals surface area contributed by atoms with Crippen molar-refractivity contribution in [1.82, 2.24) is 0 Å². The number of hydrogen-bond acceptors (Lipinski definition) is 0. The Bertz CT molecular complexity index is 345. The molecule has 0 atom stereocenters. The second-order valence-electron chi connectivity index (χ2n) is 3.74. The van der Waals surface area contributed by atoms with Crippen LogP contribution in [-0.2, 0) is 12.6 Å². The molecule has 90 valence electrons. The van der Waals surface area contributed by atoms with E-state index in [4.69, 9.17) is 0 Å². The maximum atomic E-state index is 12.7. The Kier molecular flexibility index (Phi) is 5.08. The smallest absolute Gasteiger partial charge is 0.166 e. The maximum Gasteiger partial charge on any atom is 0.416 e. The number of rotatable bonds is 4. The fraction of sp³-hybridized carbons (Fsp3) is 0.500. The van der Waals surface area contributed by atoms with Gasteiger partial charge >= 0.3 is 6.18 Å². The highest BCUT2D eigenvalue weighted by Crippen LogP contribution is 2.33. The molecule has 0 aliphatic carbocycles. The summed E-state index contributed by atoms with van der Waals surface area (Å²) in [5, 5.41) is 0. The van der Waals surface area contributed by atoms with Gasteiger partial charge in [0.15, 0.2) is 0 Å². The van der Waals surface area contributed by atoms with E-state index in [1.165, 1.54) is 12.1 Å². The third-order valence-electron chi connectivity index (χ3n) is 2.53. The molecule has 0 bridgehead atoms. The highest BCUT2D eigenvalue weighted by molar-refractivity contribution is 14.1. The molecular formula is C12H14F3I. The zero-order valence-corrected chi connectivity index (χ0v) is 11.2. The molecular weight excluding hydrogens is 328 g/mol. The van der Waals surface area contributed by atoms with Gasteiger partial charge in [0.2, 0.25) is 0 Å². The van der Waals surface area contributed by atoms with Crippen molar-refractivity contribution in [2.45, 2.75) is 32.4 Å². The highest BCUT2D eigenvalue weighted by Gasteiger charge is 2.33. The maximum absolute atomic E-state index is 12.7. The van der Waals surface area contributed by atoms with Gasteiger partial charge in [-0.05, 0) is 47.8 Å². The lowest BCUT2D eigenvalue weighted by molar-refractivity contribution is -0.138. The van der Waals surface area contributed by atoms with Crippen molar-refractivity contribution in [3.63, 3.8) is 0 Å².